The van der Waals surface area contributed by atoms with E-state index in [0.717, 1.165) is 23.9 Å². The van der Waals surface area contributed by atoms with Gasteiger partial charge < -0.3 is 11.1 Å². The lowest BCUT2D eigenvalue weighted by molar-refractivity contribution is -0.730. The largest absolute Gasteiger partial charge is 0.435 e. The number of nitrogens with one attached hydrogen (secondary N) is 2. The Morgan fingerprint density at radius 3 is 2.56 bits per heavy atom. The Labute approximate surface area is 183 Å². The molecule has 2 aromatic heterocycles. The standard InChI is InChI=1S/C19H13F2N7O3S/c1-8(17(29)25-9-3-4-12(20)13(21)5-9)32-18-11(7-23)14(10(6-22)16(24)26-18)15-19(30)31-27-28(15)2/h3-5,8H,1-2H3,(H3-,24,25,26,27,29,30)/p+1. The normalized spacial score (nSPS) is 11.4. The fourth-order valence-electron chi connectivity index (χ4n) is 2.77. The summed E-state index contributed by atoms with van der Waals surface area (Å²) in [4.78, 5) is 28.7. The van der Waals surface area contributed by atoms with E-state index in [1.54, 1.807) is 0 Å². The van der Waals surface area contributed by atoms with Crippen LogP contribution in [0.25, 0.3) is 11.3 Å². The number of thioether (sulfide) groups is 1. The molecule has 2 heterocycles. The average Bonchev–Trinajstić information content (AvgIpc) is 3.08. The number of nitrogens with zero attached hydrogens (tertiary/aromatic N) is 4. The van der Waals surface area contributed by atoms with Crippen molar-refractivity contribution in [2.45, 2.75) is 17.2 Å². The van der Waals surface area contributed by atoms with E-state index < -0.39 is 28.4 Å². The van der Waals surface area contributed by atoms with Gasteiger partial charge in [-0.2, -0.15) is 10.5 Å². The van der Waals surface area contributed by atoms with E-state index in [2.05, 4.69) is 15.6 Å². The summed E-state index contributed by atoms with van der Waals surface area (Å²) in [5.74, 6) is -3.03. The molecule has 10 nitrogen and oxygen atoms in total. The molecule has 0 aliphatic carbocycles. The molecule has 3 aromatic rings. The van der Waals surface area contributed by atoms with Crippen LogP contribution in [0.4, 0.5) is 20.3 Å². The van der Waals surface area contributed by atoms with Gasteiger partial charge in [0.2, 0.25) is 5.91 Å². The number of aromatic amines is 1. The predicted molar refractivity (Wildman–Crippen MR) is 108 cm³/mol. The van der Waals surface area contributed by atoms with Gasteiger partial charge in [-0.25, -0.2) is 18.6 Å². The molecule has 32 heavy (non-hydrogen) atoms. The highest BCUT2D eigenvalue weighted by molar-refractivity contribution is 8.00. The average molecular weight is 458 g/mol. The zero-order valence-corrected chi connectivity index (χ0v) is 17.4. The quantitative estimate of drug-likeness (QED) is 0.383. The Morgan fingerprint density at radius 2 is 2.00 bits per heavy atom. The second-order valence-electron chi connectivity index (χ2n) is 6.42. The van der Waals surface area contributed by atoms with Crippen molar-refractivity contribution in [2.75, 3.05) is 11.1 Å². The highest BCUT2D eigenvalue weighted by Gasteiger charge is 2.32. The number of aromatic nitrogens is 3. The number of nitrogens with two attached hydrogens (primary N) is 1. The van der Waals surface area contributed by atoms with Crippen LogP contribution in [-0.2, 0) is 11.8 Å². The van der Waals surface area contributed by atoms with E-state index in [0.29, 0.717) is 0 Å². The third kappa shape index (κ3) is 4.14. The van der Waals surface area contributed by atoms with Crippen LogP contribution in [0.1, 0.15) is 18.1 Å². The number of nitriles is 2. The van der Waals surface area contributed by atoms with Crippen molar-refractivity contribution in [2.24, 2.45) is 7.05 Å². The van der Waals surface area contributed by atoms with Crippen molar-refractivity contribution in [1.29, 1.82) is 10.5 Å². The lowest BCUT2D eigenvalue weighted by Gasteiger charge is -2.14. The molecule has 0 aliphatic rings. The van der Waals surface area contributed by atoms with E-state index in [9.17, 15) is 28.9 Å². The molecule has 0 fully saturated rings. The number of benzene rings is 1. The summed E-state index contributed by atoms with van der Waals surface area (Å²) in [5.41, 5.74) is 4.50. The number of hydrogen-bond donors (Lipinski definition) is 3. The van der Waals surface area contributed by atoms with Crippen LogP contribution >= 0.6 is 11.8 Å². The molecule has 0 saturated heterocycles. The third-order valence-corrected chi connectivity index (χ3v) is 5.39. The Kier molecular flexibility index (Phi) is 6.22. The third-order valence-electron chi connectivity index (χ3n) is 4.30. The van der Waals surface area contributed by atoms with Gasteiger partial charge in [0.05, 0.1) is 10.8 Å². The lowest BCUT2D eigenvalue weighted by atomic mass is 10.0. The number of H-pyrrole nitrogens is 1. The van der Waals surface area contributed by atoms with Crippen molar-refractivity contribution >= 4 is 29.2 Å². The maximum absolute atomic E-state index is 13.4. The summed E-state index contributed by atoms with van der Waals surface area (Å²) < 4.78 is 32.3. The van der Waals surface area contributed by atoms with E-state index in [4.69, 9.17) is 10.3 Å². The molecule has 0 radical (unpaired) electrons. The van der Waals surface area contributed by atoms with Gasteiger partial charge in [0, 0.05) is 11.8 Å². The smallest absolute Gasteiger partial charge is 0.383 e. The van der Waals surface area contributed by atoms with Crippen LogP contribution in [0.3, 0.4) is 0 Å². The summed E-state index contributed by atoms with van der Waals surface area (Å²) in [6.07, 6.45) is 0. The first kappa shape index (κ1) is 22.5. The molecular formula is C19H14F2N7O3S+. The number of halogens is 2. The van der Waals surface area contributed by atoms with E-state index >= 15 is 0 Å². The van der Waals surface area contributed by atoms with E-state index in [1.165, 1.54) is 24.7 Å². The zero-order valence-electron chi connectivity index (χ0n) is 16.6. The van der Waals surface area contributed by atoms with Crippen LogP contribution in [-0.4, -0.2) is 21.4 Å². The summed E-state index contributed by atoms with van der Waals surface area (Å²) in [5, 5.41) is 23.1. The maximum atomic E-state index is 13.4. The first-order chi connectivity index (χ1) is 15.2. The Hall–Kier alpha value is -4.23. The van der Waals surface area contributed by atoms with E-state index in [1.807, 2.05) is 12.1 Å². The number of rotatable bonds is 5. The molecular weight excluding hydrogens is 444 g/mol. The first-order valence-corrected chi connectivity index (χ1v) is 9.70. The van der Waals surface area contributed by atoms with Crippen molar-refractivity contribution in [3.8, 4) is 23.4 Å². The van der Waals surface area contributed by atoms with Crippen LogP contribution in [0.2, 0.25) is 0 Å². The minimum Gasteiger partial charge on any atom is -0.383 e. The molecule has 0 aliphatic heterocycles. The van der Waals surface area contributed by atoms with Crippen LogP contribution < -0.4 is 21.4 Å². The Balaban J connectivity index is 2.00. The molecule has 1 aromatic carbocycles. The second kappa shape index (κ2) is 8.87. The van der Waals surface area contributed by atoms with Gasteiger partial charge in [0.15, 0.2) is 18.7 Å². The number of carbonyl (C=O) groups is 1. The molecule has 1 atom stereocenters. The summed E-state index contributed by atoms with van der Waals surface area (Å²) in [6.45, 7) is 1.49. The SMILES string of the molecule is CC(Sc1nc(N)c(C#N)c(-c2c(=O)o[nH][n+]2C)c1C#N)C(=O)Nc1ccc(F)c(F)c1. The van der Waals surface area contributed by atoms with E-state index in [-0.39, 0.29) is 38.9 Å². The Bertz CT molecular complexity index is 1370. The predicted octanol–water partition coefficient (Wildman–Crippen LogP) is 1.58. The number of aryl methyl sites for hydroxylation is 1. The van der Waals surface area contributed by atoms with Gasteiger partial charge in [0.1, 0.15) is 34.1 Å². The van der Waals surface area contributed by atoms with Crippen LogP contribution in [0.15, 0.2) is 32.5 Å². The maximum Gasteiger partial charge on any atom is 0.435 e. The highest BCUT2D eigenvalue weighted by atomic mass is 32.2. The molecule has 13 heteroatoms. The first-order valence-electron chi connectivity index (χ1n) is 8.82. The van der Waals surface area contributed by atoms with Gasteiger partial charge in [-0.3, -0.25) is 9.32 Å². The van der Waals surface area contributed by atoms with Gasteiger partial charge in [-0.15, -0.1) is 0 Å². The number of carbonyl (C=O) groups excluding carboxylic acids is 1. The van der Waals surface area contributed by atoms with Crippen LogP contribution in [0, 0.1) is 34.3 Å². The molecule has 162 valence electrons. The van der Waals surface area contributed by atoms with Gasteiger partial charge in [-0.05, 0) is 24.3 Å². The number of pyridine rings is 1. The second-order valence-corrected chi connectivity index (χ2v) is 7.75. The highest BCUT2D eigenvalue weighted by Crippen LogP contribution is 2.35. The molecule has 3 rings (SSSR count). The minimum absolute atomic E-state index is 0.00691. The summed E-state index contributed by atoms with van der Waals surface area (Å²) in [6, 6.07) is 6.61. The van der Waals surface area contributed by atoms with Crippen molar-refractivity contribution in [3.05, 3.63) is 51.4 Å². The number of nitrogen functional groups attached to an aromatic ring is 1. The molecule has 0 saturated carbocycles. The number of amides is 1. The fraction of sp³-hybridized carbons (Fsp3) is 0.158. The number of anilines is 2. The molecule has 1 amide bonds. The van der Waals surface area contributed by atoms with Crippen molar-refractivity contribution in [3.63, 3.8) is 0 Å². The monoisotopic (exact) mass is 458 g/mol. The topological polar surface area (TPSA) is 165 Å². The minimum atomic E-state index is -1.13. The zero-order chi connectivity index (χ0) is 23.6. The number of hydrogen-bond acceptors (Lipinski definition) is 8. The molecule has 4 N–H and O–H groups in total. The molecule has 0 bridgehead atoms. The van der Waals surface area contributed by atoms with Gasteiger partial charge >= 0.3 is 11.3 Å². The Morgan fingerprint density at radius 1 is 1.31 bits per heavy atom. The summed E-state index contributed by atoms with van der Waals surface area (Å²) in [7, 11) is 1.43. The molecule has 0 spiro atoms. The fourth-order valence-corrected chi connectivity index (χ4v) is 3.69. The van der Waals surface area contributed by atoms with Crippen molar-refractivity contribution < 1.29 is 22.8 Å². The van der Waals surface area contributed by atoms with Crippen molar-refractivity contribution in [1.82, 2.24) is 10.3 Å². The summed E-state index contributed by atoms with van der Waals surface area (Å²) >= 11 is 0.831. The van der Waals surface area contributed by atoms with Gasteiger partial charge in [-0.1, -0.05) is 16.4 Å². The van der Waals surface area contributed by atoms with Gasteiger partial charge in [0.25, 0.3) is 0 Å². The lowest BCUT2D eigenvalue weighted by Crippen LogP contribution is -2.34. The van der Waals surface area contributed by atoms with Crippen LogP contribution in [0.5, 0.6) is 0 Å². The molecule has 1 unspecified atom stereocenters.